The lowest BCUT2D eigenvalue weighted by molar-refractivity contribution is -0.126. The maximum Gasteiger partial charge on any atom is 0.258 e. The van der Waals surface area contributed by atoms with E-state index in [-0.39, 0.29) is 32.9 Å². The van der Waals surface area contributed by atoms with Crippen LogP contribution in [-0.4, -0.2) is 46.2 Å². The minimum atomic E-state index is -1.45. The predicted molar refractivity (Wildman–Crippen MR) is 117 cm³/mol. The van der Waals surface area contributed by atoms with E-state index in [2.05, 4.69) is 15.5 Å². The van der Waals surface area contributed by atoms with Gasteiger partial charge in [0.1, 0.15) is 33.0 Å². The molecule has 0 fully saturated rings. The van der Waals surface area contributed by atoms with Crippen LogP contribution in [0.4, 0.5) is 11.4 Å². The second kappa shape index (κ2) is 10.8. The molecule has 11 heteroatoms. The molecule has 0 heterocycles. The zero-order valence-electron chi connectivity index (χ0n) is 17.5. The van der Waals surface area contributed by atoms with Gasteiger partial charge >= 0.3 is 0 Å². The largest absolute Gasteiger partial charge is 0.497 e. The molecule has 1 amide bonds. The number of methoxy groups -OCH3 is 4. The van der Waals surface area contributed by atoms with Crippen molar-refractivity contribution in [2.75, 3.05) is 33.8 Å². The number of rotatable bonds is 9. The van der Waals surface area contributed by atoms with Crippen molar-refractivity contribution in [2.45, 2.75) is 13.0 Å². The summed E-state index contributed by atoms with van der Waals surface area (Å²) in [6.07, 6.45) is 0. The van der Waals surface area contributed by atoms with Gasteiger partial charge in [-0.1, -0.05) is 23.2 Å². The third-order valence-corrected chi connectivity index (χ3v) is 4.85. The highest BCUT2D eigenvalue weighted by Crippen LogP contribution is 2.41. The minimum absolute atomic E-state index is 0.138. The van der Waals surface area contributed by atoms with Gasteiger partial charge in [-0.2, -0.15) is 10.2 Å². The van der Waals surface area contributed by atoms with Crippen LogP contribution < -0.4 is 24.3 Å². The summed E-state index contributed by atoms with van der Waals surface area (Å²) >= 11 is 12.4. The van der Waals surface area contributed by atoms with Crippen molar-refractivity contribution in [2.24, 2.45) is 10.2 Å². The zero-order chi connectivity index (χ0) is 23.1. The number of anilines is 1. The highest BCUT2D eigenvalue weighted by Gasteiger charge is 2.25. The van der Waals surface area contributed by atoms with Gasteiger partial charge in [-0.15, -0.1) is 0 Å². The number of amides is 1. The van der Waals surface area contributed by atoms with Crippen LogP contribution in [0.25, 0.3) is 0 Å². The smallest absolute Gasteiger partial charge is 0.258 e. The number of azo groups is 1. The second-order valence-electron chi connectivity index (χ2n) is 6.04. The molecule has 166 valence electrons. The van der Waals surface area contributed by atoms with Gasteiger partial charge in [0, 0.05) is 12.1 Å². The lowest BCUT2D eigenvalue weighted by atomic mass is 10.2. The fourth-order valence-corrected chi connectivity index (χ4v) is 3.08. The first-order valence-electron chi connectivity index (χ1n) is 8.81. The van der Waals surface area contributed by atoms with Crippen LogP contribution in [-0.2, 0) is 9.59 Å². The molecule has 0 bridgehead atoms. The minimum Gasteiger partial charge on any atom is -0.497 e. The Morgan fingerprint density at radius 3 is 2.16 bits per heavy atom. The number of nitrogens with zero attached hydrogens (tertiary/aromatic N) is 2. The summed E-state index contributed by atoms with van der Waals surface area (Å²) in [5.74, 6) is -0.0315. The molecule has 0 spiro atoms. The first-order chi connectivity index (χ1) is 14.8. The highest BCUT2D eigenvalue weighted by molar-refractivity contribution is 6.35. The van der Waals surface area contributed by atoms with Gasteiger partial charge in [0.15, 0.2) is 11.5 Å². The Morgan fingerprint density at radius 1 is 0.935 bits per heavy atom. The van der Waals surface area contributed by atoms with E-state index in [1.54, 1.807) is 12.1 Å². The Morgan fingerprint density at radius 2 is 1.61 bits per heavy atom. The molecule has 0 saturated carbocycles. The molecule has 1 N–H and O–H groups in total. The lowest BCUT2D eigenvalue weighted by Crippen LogP contribution is -2.32. The van der Waals surface area contributed by atoms with Crippen molar-refractivity contribution in [1.82, 2.24) is 0 Å². The van der Waals surface area contributed by atoms with Crippen LogP contribution in [0.15, 0.2) is 34.5 Å². The van der Waals surface area contributed by atoms with Gasteiger partial charge < -0.3 is 24.3 Å². The van der Waals surface area contributed by atoms with Gasteiger partial charge in [-0.25, -0.2) is 0 Å². The van der Waals surface area contributed by atoms with Gasteiger partial charge in [-0.3, -0.25) is 9.59 Å². The summed E-state index contributed by atoms with van der Waals surface area (Å²) in [7, 11) is 5.73. The number of ether oxygens (including phenoxy) is 4. The summed E-state index contributed by atoms with van der Waals surface area (Å²) in [6.45, 7) is 1.22. The molecule has 0 aliphatic heterocycles. The average Bonchev–Trinajstić information content (AvgIpc) is 2.75. The van der Waals surface area contributed by atoms with Crippen LogP contribution in [0.2, 0.25) is 10.0 Å². The zero-order valence-corrected chi connectivity index (χ0v) is 19.0. The van der Waals surface area contributed by atoms with Gasteiger partial charge in [0.2, 0.25) is 6.04 Å². The Balaban J connectivity index is 2.35. The summed E-state index contributed by atoms with van der Waals surface area (Å²) in [5, 5.41) is 10.7. The number of carbonyl (C=O) groups is 2. The molecule has 0 saturated heterocycles. The summed E-state index contributed by atoms with van der Waals surface area (Å²) in [6, 6.07) is 4.69. The van der Waals surface area contributed by atoms with Crippen molar-refractivity contribution in [3.63, 3.8) is 0 Å². The standard InChI is InChI=1S/C20H21Cl2N3O6/c1-10(26)18(25-24-12-6-7-14(29-3)17(22)19(12)31-5)20(27)23-13-8-11(28-2)9-15(30-4)16(13)21/h6-9,18H,1-5H3,(H,23,27). The lowest BCUT2D eigenvalue weighted by Gasteiger charge is -2.14. The third-order valence-electron chi connectivity index (χ3n) is 4.11. The van der Waals surface area contributed by atoms with Crippen LogP contribution >= 0.6 is 23.2 Å². The fraction of sp³-hybridized carbons (Fsp3) is 0.300. The van der Waals surface area contributed by atoms with Crippen molar-refractivity contribution in [1.29, 1.82) is 0 Å². The predicted octanol–water partition coefficient (Wildman–Crippen LogP) is 4.71. The Labute approximate surface area is 189 Å². The maximum atomic E-state index is 12.7. The van der Waals surface area contributed by atoms with Gasteiger partial charge in [0.05, 0.1) is 34.1 Å². The molecule has 2 aromatic carbocycles. The molecule has 9 nitrogen and oxygen atoms in total. The molecular weight excluding hydrogens is 449 g/mol. The first kappa shape index (κ1) is 24.2. The first-order valence-corrected chi connectivity index (χ1v) is 9.57. The SMILES string of the molecule is COc1cc(NC(=O)C(N=Nc2ccc(OC)c(Cl)c2OC)C(C)=O)c(Cl)c(OC)c1. The number of hydrogen-bond acceptors (Lipinski definition) is 8. The molecule has 0 aliphatic carbocycles. The Kier molecular flexibility index (Phi) is 8.47. The number of benzene rings is 2. The third kappa shape index (κ3) is 5.56. The van der Waals surface area contributed by atoms with Crippen molar-refractivity contribution < 1.29 is 28.5 Å². The monoisotopic (exact) mass is 469 g/mol. The maximum absolute atomic E-state index is 12.7. The number of hydrogen-bond donors (Lipinski definition) is 1. The quantitative estimate of drug-likeness (QED) is 0.420. The number of Topliss-reactive ketones (excluding diaryl/α,β-unsaturated/α-hetero) is 1. The summed E-state index contributed by atoms with van der Waals surface area (Å²) in [5.41, 5.74) is 0.405. The van der Waals surface area contributed by atoms with Crippen molar-refractivity contribution in [3.8, 4) is 23.0 Å². The molecule has 2 rings (SSSR count). The Bertz CT molecular complexity index is 1010. The normalized spacial score (nSPS) is 11.7. The fourth-order valence-electron chi connectivity index (χ4n) is 2.53. The van der Waals surface area contributed by atoms with E-state index in [9.17, 15) is 9.59 Å². The van der Waals surface area contributed by atoms with E-state index in [4.69, 9.17) is 42.1 Å². The number of carbonyl (C=O) groups excluding carboxylic acids is 2. The topological polar surface area (TPSA) is 108 Å². The van der Waals surface area contributed by atoms with E-state index < -0.39 is 17.7 Å². The Hall–Kier alpha value is -3.04. The van der Waals surface area contributed by atoms with E-state index in [1.165, 1.54) is 47.5 Å². The van der Waals surface area contributed by atoms with E-state index in [0.717, 1.165) is 0 Å². The summed E-state index contributed by atoms with van der Waals surface area (Å²) < 4.78 is 20.7. The van der Waals surface area contributed by atoms with E-state index in [1.807, 2.05) is 0 Å². The molecule has 0 radical (unpaired) electrons. The second-order valence-corrected chi connectivity index (χ2v) is 6.80. The summed E-state index contributed by atoms with van der Waals surface area (Å²) in [4.78, 5) is 24.8. The number of nitrogens with one attached hydrogen (secondary N) is 1. The van der Waals surface area contributed by atoms with E-state index >= 15 is 0 Å². The average molecular weight is 470 g/mol. The molecule has 2 aromatic rings. The van der Waals surface area contributed by atoms with Gasteiger partial charge in [-0.05, 0) is 19.1 Å². The highest BCUT2D eigenvalue weighted by atomic mass is 35.5. The van der Waals surface area contributed by atoms with Crippen LogP contribution in [0.3, 0.4) is 0 Å². The molecule has 1 atom stereocenters. The van der Waals surface area contributed by atoms with Crippen LogP contribution in [0.5, 0.6) is 23.0 Å². The van der Waals surface area contributed by atoms with Crippen LogP contribution in [0.1, 0.15) is 6.92 Å². The van der Waals surface area contributed by atoms with Crippen molar-refractivity contribution >= 4 is 46.3 Å². The van der Waals surface area contributed by atoms with E-state index in [0.29, 0.717) is 11.5 Å². The molecule has 1 unspecified atom stereocenters. The van der Waals surface area contributed by atoms with Crippen molar-refractivity contribution in [3.05, 3.63) is 34.3 Å². The number of halogens is 2. The molecule has 31 heavy (non-hydrogen) atoms. The molecule has 0 aromatic heterocycles. The molecule has 0 aliphatic rings. The number of ketones is 1. The molecular formula is C20H21Cl2N3O6. The van der Waals surface area contributed by atoms with Crippen LogP contribution in [0, 0.1) is 0 Å². The van der Waals surface area contributed by atoms with Gasteiger partial charge in [0.25, 0.3) is 5.91 Å².